The van der Waals surface area contributed by atoms with Crippen molar-refractivity contribution >= 4 is 28.7 Å². The van der Waals surface area contributed by atoms with Crippen molar-refractivity contribution < 1.29 is 4.79 Å². The van der Waals surface area contributed by atoms with Crippen LogP contribution in [0.25, 0.3) is 0 Å². The zero-order chi connectivity index (χ0) is 11.5. The van der Waals surface area contributed by atoms with Gasteiger partial charge >= 0.3 is 0 Å². The third-order valence-corrected chi connectivity index (χ3v) is 3.68. The Bertz CT molecular complexity index is 516. The highest BCUT2D eigenvalue weighted by Crippen LogP contribution is 2.20. The van der Waals surface area contributed by atoms with Gasteiger partial charge < -0.3 is 0 Å². The Balaban J connectivity index is 2.18. The van der Waals surface area contributed by atoms with Gasteiger partial charge in [-0.05, 0) is 36.1 Å². The van der Waals surface area contributed by atoms with Crippen molar-refractivity contribution in [2.45, 2.75) is 13.3 Å². The number of carbonyl (C=O) groups is 1. The molecular weight excluding hydrogens is 240 g/mol. The molecule has 0 saturated carbocycles. The van der Waals surface area contributed by atoms with Crippen LogP contribution in [0.3, 0.4) is 0 Å². The van der Waals surface area contributed by atoms with Crippen LogP contribution in [0.15, 0.2) is 35.7 Å². The van der Waals surface area contributed by atoms with E-state index in [1.807, 2.05) is 25.1 Å². The summed E-state index contributed by atoms with van der Waals surface area (Å²) in [5.74, 6) is 0.0763. The van der Waals surface area contributed by atoms with Crippen LogP contribution in [-0.4, -0.2) is 5.78 Å². The lowest BCUT2D eigenvalue weighted by atomic mass is 10.1. The molecule has 0 bridgehead atoms. The Hall–Kier alpha value is -1.12. The lowest BCUT2D eigenvalue weighted by Crippen LogP contribution is -2.02. The van der Waals surface area contributed by atoms with Crippen LogP contribution in [-0.2, 0) is 6.42 Å². The molecule has 0 aliphatic rings. The number of carbonyl (C=O) groups excluding carboxylic acids is 1. The molecule has 0 aliphatic carbocycles. The molecule has 0 radical (unpaired) electrons. The summed E-state index contributed by atoms with van der Waals surface area (Å²) in [6.45, 7) is 2.03. The fraction of sp³-hybridized carbons (Fsp3) is 0.154. The summed E-state index contributed by atoms with van der Waals surface area (Å²) < 4.78 is 0. The molecule has 1 aromatic carbocycles. The summed E-state index contributed by atoms with van der Waals surface area (Å²) in [4.78, 5) is 13.1. The minimum Gasteiger partial charge on any atom is -0.294 e. The number of aryl methyl sites for hydroxylation is 1. The van der Waals surface area contributed by atoms with Crippen LogP contribution in [0.1, 0.15) is 20.8 Å². The molecule has 0 atom stereocenters. The Morgan fingerprint density at radius 3 is 2.75 bits per heavy atom. The topological polar surface area (TPSA) is 17.1 Å². The zero-order valence-corrected chi connectivity index (χ0v) is 10.4. The maximum absolute atomic E-state index is 12.0. The quantitative estimate of drug-likeness (QED) is 0.749. The normalized spacial score (nSPS) is 10.4. The second-order valence-corrected chi connectivity index (χ2v) is 5.07. The fourth-order valence-corrected chi connectivity index (χ4v) is 2.64. The van der Waals surface area contributed by atoms with E-state index in [-0.39, 0.29) is 5.78 Å². The van der Waals surface area contributed by atoms with E-state index in [4.69, 9.17) is 11.6 Å². The van der Waals surface area contributed by atoms with Crippen LogP contribution in [0.2, 0.25) is 5.02 Å². The Kier molecular flexibility index (Phi) is 3.42. The molecule has 1 aromatic heterocycles. The molecule has 2 rings (SSSR count). The Morgan fingerprint density at radius 2 is 2.12 bits per heavy atom. The summed E-state index contributed by atoms with van der Waals surface area (Å²) in [5, 5.41) is 2.58. The largest absolute Gasteiger partial charge is 0.294 e. The number of benzene rings is 1. The summed E-state index contributed by atoms with van der Waals surface area (Å²) in [6.07, 6.45) is 0.433. The van der Waals surface area contributed by atoms with Crippen LogP contribution in [0, 0.1) is 6.92 Å². The molecule has 3 heteroatoms. The summed E-state index contributed by atoms with van der Waals surface area (Å²) >= 11 is 7.59. The third kappa shape index (κ3) is 2.52. The lowest BCUT2D eigenvalue weighted by molar-refractivity contribution is 0.0994. The van der Waals surface area contributed by atoms with Crippen molar-refractivity contribution in [1.29, 1.82) is 0 Å². The molecule has 0 unspecified atom stereocenters. The molecular formula is C13H11ClOS. The van der Waals surface area contributed by atoms with E-state index >= 15 is 0 Å². The Morgan fingerprint density at radius 1 is 1.38 bits per heavy atom. The molecule has 0 spiro atoms. The number of rotatable bonds is 3. The Labute approximate surface area is 104 Å². The minimum absolute atomic E-state index is 0.0763. The summed E-state index contributed by atoms with van der Waals surface area (Å²) in [5.41, 5.74) is 1.81. The number of halogens is 1. The van der Waals surface area contributed by atoms with Crippen molar-refractivity contribution in [1.82, 2.24) is 0 Å². The SMILES string of the molecule is Cc1csc(CC(=O)c2ccccc2Cl)c1. The molecule has 82 valence electrons. The van der Waals surface area contributed by atoms with E-state index in [2.05, 4.69) is 5.38 Å². The van der Waals surface area contributed by atoms with E-state index in [9.17, 15) is 4.79 Å². The molecule has 0 amide bonds. The second kappa shape index (κ2) is 4.81. The molecule has 1 nitrogen and oxygen atoms in total. The van der Waals surface area contributed by atoms with Gasteiger partial charge in [0.2, 0.25) is 0 Å². The maximum Gasteiger partial charge on any atom is 0.169 e. The maximum atomic E-state index is 12.0. The van der Waals surface area contributed by atoms with Gasteiger partial charge in [0.05, 0.1) is 5.02 Å². The van der Waals surface area contributed by atoms with Crippen molar-refractivity contribution in [2.24, 2.45) is 0 Å². The van der Waals surface area contributed by atoms with Crippen molar-refractivity contribution in [3.05, 3.63) is 56.7 Å². The van der Waals surface area contributed by atoms with Gasteiger partial charge in [-0.25, -0.2) is 0 Å². The first kappa shape index (κ1) is 11.4. The van der Waals surface area contributed by atoms with Gasteiger partial charge in [-0.3, -0.25) is 4.79 Å². The van der Waals surface area contributed by atoms with E-state index in [1.54, 1.807) is 23.5 Å². The summed E-state index contributed by atoms with van der Waals surface area (Å²) in [6, 6.07) is 9.21. The van der Waals surface area contributed by atoms with E-state index in [0.29, 0.717) is 17.0 Å². The average Bonchev–Trinajstić information content (AvgIpc) is 2.64. The second-order valence-electron chi connectivity index (χ2n) is 3.67. The smallest absolute Gasteiger partial charge is 0.169 e. The molecule has 0 fully saturated rings. The first-order chi connectivity index (χ1) is 7.66. The van der Waals surface area contributed by atoms with Gasteiger partial charge in [0.15, 0.2) is 5.78 Å². The average molecular weight is 251 g/mol. The van der Waals surface area contributed by atoms with E-state index < -0.39 is 0 Å². The van der Waals surface area contributed by atoms with Gasteiger partial charge in [0.25, 0.3) is 0 Å². The predicted octanol–water partition coefficient (Wildman–Crippen LogP) is 4.14. The van der Waals surface area contributed by atoms with E-state index in [0.717, 1.165) is 4.88 Å². The molecule has 16 heavy (non-hydrogen) atoms. The number of hydrogen-bond acceptors (Lipinski definition) is 2. The van der Waals surface area contributed by atoms with Crippen molar-refractivity contribution in [3.8, 4) is 0 Å². The lowest BCUT2D eigenvalue weighted by Gasteiger charge is -2.01. The number of hydrogen-bond donors (Lipinski definition) is 0. The number of thiophene rings is 1. The van der Waals surface area contributed by atoms with Gasteiger partial charge in [-0.15, -0.1) is 11.3 Å². The van der Waals surface area contributed by atoms with Crippen LogP contribution in [0.4, 0.5) is 0 Å². The van der Waals surface area contributed by atoms with Gasteiger partial charge in [-0.1, -0.05) is 23.7 Å². The number of Topliss-reactive ketones (excluding diaryl/α,β-unsaturated/α-hetero) is 1. The highest BCUT2D eigenvalue weighted by atomic mass is 35.5. The first-order valence-electron chi connectivity index (χ1n) is 4.98. The monoisotopic (exact) mass is 250 g/mol. The van der Waals surface area contributed by atoms with Crippen LogP contribution >= 0.6 is 22.9 Å². The number of ketones is 1. The van der Waals surface area contributed by atoms with Crippen molar-refractivity contribution in [3.63, 3.8) is 0 Å². The zero-order valence-electron chi connectivity index (χ0n) is 8.87. The molecule has 0 saturated heterocycles. The van der Waals surface area contributed by atoms with Gasteiger partial charge in [0, 0.05) is 16.9 Å². The predicted molar refractivity (Wildman–Crippen MR) is 68.5 cm³/mol. The molecule has 1 heterocycles. The van der Waals surface area contributed by atoms with Crippen molar-refractivity contribution in [2.75, 3.05) is 0 Å². The first-order valence-corrected chi connectivity index (χ1v) is 6.24. The van der Waals surface area contributed by atoms with Gasteiger partial charge in [0.1, 0.15) is 0 Å². The van der Waals surface area contributed by atoms with Crippen LogP contribution in [0.5, 0.6) is 0 Å². The van der Waals surface area contributed by atoms with Gasteiger partial charge in [-0.2, -0.15) is 0 Å². The van der Waals surface area contributed by atoms with Crippen LogP contribution < -0.4 is 0 Å². The molecule has 0 aliphatic heterocycles. The highest BCUT2D eigenvalue weighted by Gasteiger charge is 2.11. The standard InChI is InChI=1S/C13H11ClOS/c1-9-6-10(16-8-9)7-13(15)11-4-2-3-5-12(11)14/h2-6,8H,7H2,1H3. The third-order valence-electron chi connectivity index (χ3n) is 2.29. The highest BCUT2D eigenvalue weighted by molar-refractivity contribution is 7.10. The summed E-state index contributed by atoms with van der Waals surface area (Å²) in [7, 11) is 0. The fourth-order valence-electron chi connectivity index (χ4n) is 1.52. The molecule has 0 N–H and O–H groups in total. The molecule has 2 aromatic rings. The van der Waals surface area contributed by atoms with E-state index in [1.165, 1.54) is 5.56 Å². The minimum atomic E-state index is 0.0763.